The van der Waals surface area contributed by atoms with E-state index in [1.807, 2.05) is 0 Å². The summed E-state index contributed by atoms with van der Waals surface area (Å²) in [5.41, 5.74) is 1.36. The number of hydrogen-bond donors (Lipinski definition) is 2. The summed E-state index contributed by atoms with van der Waals surface area (Å²) in [5, 5.41) is 6.86. The van der Waals surface area contributed by atoms with Crippen LogP contribution in [0.15, 0.2) is 67.1 Å². The molecule has 0 saturated heterocycles. The van der Waals surface area contributed by atoms with Crippen molar-refractivity contribution in [3.05, 3.63) is 103 Å². The van der Waals surface area contributed by atoms with Gasteiger partial charge in [0.1, 0.15) is 17.2 Å². The molecule has 188 valence electrons. The Morgan fingerprint density at radius 2 is 1.76 bits per heavy atom. The van der Waals surface area contributed by atoms with Crippen LogP contribution >= 0.6 is 0 Å². The van der Waals surface area contributed by atoms with Gasteiger partial charge in [0.25, 0.3) is 0 Å². The van der Waals surface area contributed by atoms with Crippen LogP contribution < -0.4 is 16.5 Å². The zero-order valence-electron chi connectivity index (χ0n) is 19.9. The van der Waals surface area contributed by atoms with Gasteiger partial charge in [-0.15, -0.1) is 0 Å². The molecular formula is C27H20F3N3O4. The Bertz CT molecular complexity index is 1790. The highest BCUT2D eigenvalue weighted by atomic mass is 19.2. The smallest absolute Gasteiger partial charge is 0.439 e. The number of hydrogen-bond acceptors (Lipinski definition) is 6. The Balaban J connectivity index is 1.68. The third kappa shape index (κ3) is 4.20. The lowest BCUT2D eigenvalue weighted by Crippen LogP contribution is -2.13. The number of aryl methyl sites for hydroxylation is 1. The molecule has 7 nitrogen and oxygen atoms in total. The molecule has 5 aromatic rings. The van der Waals surface area contributed by atoms with Gasteiger partial charge in [-0.05, 0) is 56.7 Å². The van der Waals surface area contributed by atoms with E-state index in [0.29, 0.717) is 10.9 Å². The van der Waals surface area contributed by atoms with Crippen LogP contribution in [0.5, 0.6) is 0 Å². The molecule has 0 spiro atoms. The number of rotatable bonds is 5. The summed E-state index contributed by atoms with van der Waals surface area (Å²) in [4.78, 5) is 27.0. The van der Waals surface area contributed by atoms with E-state index in [0.717, 1.165) is 11.6 Å². The van der Waals surface area contributed by atoms with E-state index in [4.69, 9.17) is 4.42 Å². The van der Waals surface area contributed by atoms with Crippen LogP contribution in [0.4, 0.5) is 18.9 Å². The maximum Gasteiger partial charge on any atom is 0.439 e. The molecule has 0 aliphatic heterocycles. The second-order valence-electron chi connectivity index (χ2n) is 8.69. The molecule has 0 amide bonds. The summed E-state index contributed by atoms with van der Waals surface area (Å²) in [6, 6.07) is 11.0. The van der Waals surface area contributed by atoms with Crippen LogP contribution in [0, 0.1) is 31.3 Å². The van der Waals surface area contributed by atoms with Crippen LogP contribution in [0.3, 0.4) is 0 Å². The molecule has 0 fully saturated rings. The van der Waals surface area contributed by atoms with Crippen LogP contribution in [0.2, 0.25) is 0 Å². The standard InChI is InChI=1S/C27H20F3N3O4/c1-12-10-16(14(3)31-20-9-8-19(29)22(30)21(20)26-32-27(35)37-33-26)25-17(11-12)23(34)13(2)24(36-25)15-6-4-5-7-18(15)28/h4-11,14,31H,1-3H3,(H,32,33,35). The normalized spacial score (nSPS) is 12.2. The number of aromatic nitrogens is 2. The summed E-state index contributed by atoms with van der Waals surface area (Å²) < 4.78 is 54.1. The summed E-state index contributed by atoms with van der Waals surface area (Å²) in [6.45, 7) is 5.11. The van der Waals surface area contributed by atoms with Gasteiger partial charge in [0.05, 0.1) is 22.6 Å². The van der Waals surface area contributed by atoms with Crippen molar-refractivity contribution in [3.8, 4) is 22.7 Å². The van der Waals surface area contributed by atoms with E-state index < -0.39 is 29.2 Å². The third-order valence-corrected chi connectivity index (χ3v) is 6.12. The summed E-state index contributed by atoms with van der Waals surface area (Å²) in [6.07, 6.45) is 0. The van der Waals surface area contributed by atoms with Gasteiger partial charge in [0, 0.05) is 16.8 Å². The van der Waals surface area contributed by atoms with Crippen molar-refractivity contribution in [2.24, 2.45) is 0 Å². The number of aromatic amines is 1. The maximum atomic E-state index is 14.8. The van der Waals surface area contributed by atoms with Gasteiger partial charge in [0.15, 0.2) is 22.9 Å². The van der Waals surface area contributed by atoms with Crippen molar-refractivity contribution in [2.45, 2.75) is 26.8 Å². The number of benzene rings is 3. The molecule has 2 N–H and O–H groups in total. The van der Waals surface area contributed by atoms with E-state index in [2.05, 4.69) is 20.0 Å². The van der Waals surface area contributed by atoms with E-state index in [1.165, 1.54) is 24.3 Å². The van der Waals surface area contributed by atoms with Crippen molar-refractivity contribution >= 4 is 16.7 Å². The van der Waals surface area contributed by atoms with E-state index in [-0.39, 0.29) is 45.0 Å². The van der Waals surface area contributed by atoms with Gasteiger partial charge >= 0.3 is 5.76 Å². The van der Waals surface area contributed by atoms with Crippen LogP contribution in [-0.2, 0) is 0 Å². The van der Waals surface area contributed by atoms with Gasteiger partial charge in [-0.1, -0.05) is 23.4 Å². The van der Waals surface area contributed by atoms with Gasteiger partial charge in [-0.3, -0.25) is 14.3 Å². The highest BCUT2D eigenvalue weighted by molar-refractivity contribution is 5.85. The predicted octanol–water partition coefficient (Wildman–Crippen LogP) is 6.01. The Morgan fingerprint density at radius 3 is 2.46 bits per heavy atom. The van der Waals surface area contributed by atoms with Crippen LogP contribution in [0.1, 0.15) is 29.7 Å². The minimum atomic E-state index is -1.24. The lowest BCUT2D eigenvalue weighted by molar-refractivity contribution is 0.387. The number of nitrogens with zero attached hydrogens (tertiary/aromatic N) is 1. The zero-order chi connectivity index (χ0) is 26.4. The van der Waals surface area contributed by atoms with Gasteiger partial charge < -0.3 is 9.73 Å². The number of anilines is 1. The highest BCUT2D eigenvalue weighted by Gasteiger charge is 2.23. The second-order valence-corrected chi connectivity index (χ2v) is 8.69. The van der Waals surface area contributed by atoms with Crippen molar-refractivity contribution in [1.29, 1.82) is 0 Å². The van der Waals surface area contributed by atoms with Gasteiger partial charge in [0.2, 0.25) is 0 Å². The number of nitrogens with one attached hydrogen (secondary N) is 2. The molecule has 2 aromatic heterocycles. The van der Waals surface area contributed by atoms with Crippen molar-refractivity contribution in [2.75, 3.05) is 5.32 Å². The van der Waals surface area contributed by atoms with E-state index in [1.54, 1.807) is 39.0 Å². The molecule has 3 aromatic carbocycles. The molecular weight excluding hydrogens is 487 g/mol. The Hall–Kier alpha value is -4.60. The van der Waals surface area contributed by atoms with Crippen LogP contribution in [-0.4, -0.2) is 10.1 Å². The second kappa shape index (κ2) is 9.12. The minimum absolute atomic E-state index is 0.0987. The first kappa shape index (κ1) is 24.1. The van der Waals surface area contributed by atoms with Crippen LogP contribution in [0.25, 0.3) is 33.7 Å². The molecule has 0 saturated carbocycles. The molecule has 0 aliphatic carbocycles. The SMILES string of the molecule is Cc1cc(C(C)Nc2ccc(F)c(F)c2-c2noc(=O)[nH]2)c2oc(-c3ccccc3F)c(C)c(=O)c2c1. The molecule has 37 heavy (non-hydrogen) atoms. The topological polar surface area (TPSA) is 101 Å². The largest absolute Gasteiger partial charge is 0.455 e. The number of halogens is 3. The molecule has 0 bridgehead atoms. The van der Waals surface area contributed by atoms with Crippen molar-refractivity contribution in [1.82, 2.24) is 10.1 Å². The average Bonchev–Trinajstić information content (AvgIpc) is 3.29. The van der Waals surface area contributed by atoms with Crippen molar-refractivity contribution < 1.29 is 22.1 Å². The third-order valence-electron chi connectivity index (χ3n) is 6.12. The Labute approximate surface area is 207 Å². The molecule has 1 atom stereocenters. The first-order valence-electron chi connectivity index (χ1n) is 11.3. The minimum Gasteiger partial charge on any atom is -0.455 e. The lowest BCUT2D eigenvalue weighted by atomic mass is 9.98. The summed E-state index contributed by atoms with van der Waals surface area (Å²) in [5.74, 6) is -4.05. The Morgan fingerprint density at radius 1 is 1.00 bits per heavy atom. The first-order chi connectivity index (χ1) is 17.7. The van der Waals surface area contributed by atoms with Crippen molar-refractivity contribution in [3.63, 3.8) is 0 Å². The van der Waals surface area contributed by atoms with Gasteiger partial charge in [-0.2, -0.15) is 0 Å². The zero-order valence-corrected chi connectivity index (χ0v) is 19.9. The fourth-order valence-electron chi connectivity index (χ4n) is 4.34. The fourth-order valence-corrected chi connectivity index (χ4v) is 4.34. The van der Waals surface area contributed by atoms with E-state index >= 15 is 0 Å². The van der Waals surface area contributed by atoms with Gasteiger partial charge in [-0.25, -0.2) is 18.0 Å². The molecule has 2 heterocycles. The number of fused-ring (bicyclic) bond motifs is 1. The monoisotopic (exact) mass is 507 g/mol. The predicted molar refractivity (Wildman–Crippen MR) is 132 cm³/mol. The highest BCUT2D eigenvalue weighted by Crippen LogP contribution is 2.36. The first-order valence-corrected chi connectivity index (χ1v) is 11.3. The molecule has 0 radical (unpaired) electrons. The summed E-state index contributed by atoms with van der Waals surface area (Å²) in [7, 11) is 0. The van der Waals surface area contributed by atoms with E-state index in [9.17, 15) is 22.8 Å². The quantitative estimate of drug-likeness (QED) is 0.302. The maximum absolute atomic E-state index is 14.8. The molecule has 1 unspecified atom stereocenters. The Kier molecular flexibility index (Phi) is 5.94. The lowest BCUT2D eigenvalue weighted by Gasteiger charge is -2.20. The fraction of sp³-hybridized carbons (Fsp3) is 0.148. The molecule has 0 aliphatic rings. The molecule has 5 rings (SSSR count). The average molecular weight is 507 g/mol. The summed E-state index contributed by atoms with van der Waals surface area (Å²) >= 11 is 0. The molecule has 10 heteroatoms. The number of H-pyrrole nitrogens is 1.